The van der Waals surface area contributed by atoms with Gasteiger partial charge in [-0.05, 0) is 89.5 Å². The third-order valence-electron chi connectivity index (χ3n) is 6.49. The molecule has 1 heterocycles. The normalized spacial score (nSPS) is 10.8. The summed E-state index contributed by atoms with van der Waals surface area (Å²) in [5.41, 5.74) is 21.1. The van der Waals surface area contributed by atoms with Crippen LogP contribution < -0.4 is 21.1 Å². The molecule has 0 unspecified atom stereocenters. The predicted molar refractivity (Wildman–Crippen MR) is 150 cm³/mol. The second-order valence-corrected chi connectivity index (χ2v) is 8.91. The zero-order valence-corrected chi connectivity index (χ0v) is 20.6. The highest BCUT2D eigenvalue weighted by Crippen LogP contribution is 2.31. The number of hydrogen-bond acceptors (Lipinski definition) is 4. The highest BCUT2D eigenvalue weighted by molar-refractivity contribution is 5.72. The van der Waals surface area contributed by atoms with E-state index in [9.17, 15) is 0 Å². The lowest BCUT2D eigenvalue weighted by Gasteiger charge is -2.20. The summed E-state index contributed by atoms with van der Waals surface area (Å²) < 4.78 is 8.10. The molecule has 0 bridgehead atoms. The van der Waals surface area contributed by atoms with Gasteiger partial charge in [0.15, 0.2) is 0 Å². The molecule has 0 aliphatic carbocycles. The average Bonchev–Trinajstić information content (AvgIpc) is 3.30. The SMILES string of the molecule is CN(c1ccc(N)cc1)c1ccc(-c2ccc(-c3ccc(COc4ccc(N)cc4)cc3)n2C)cc1. The van der Waals surface area contributed by atoms with Crippen LogP contribution in [0.25, 0.3) is 22.5 Å². The van der Waals surface area contributed by atoms with Gasteiger partial charge in [-0.2, -0.15) is 0 Å². The zero-order chi connectivity index (χ0) is 25.1. The van der Waals surface area contributed by atoms with E-state index in [0.29, 0.717) is 6.61 Å². The maximum Gasteiger partial charge on any atom is 0.119 e. The summed E-state index contributed by atoms with van der Waals surface area (Å²) in [5.74, 6) is 0.811. The number of nitrogen functional groups attached to an aromatic ring is 2. The molecule has 0 radical (unpaired) electrons. The molecule has 0 atom stereocenters. The summed E-state index contributed by atoms with van der Waals surface area (Å²) in [7, 11) is 4.17. The lowest BCUT2D eigenvalue weighted by molar-refractivity contribution is 0.306. The van der Waals surface area contributed by atoms with Crippen LogP contribution in [0.15, 0.2) is 109 Å². The van der Waals surface area contributed by atoms with Crippen molar-refractivity contribution in [3.05, 3.63) is 115 Å². The third kappa shape index (κ3) is 4.91. The van der Waals surface area contributed by atoms with Crippen molar-refractivity contribution >= 4 is 22.7 Å². The van der Waals surface area contributed by atoms with Gasteiger partial charge in [0.2, 0.25) is 0 Å². The number of benzene rings is 4. The van der Waals surface area contributed by atoms with E-state index in [1.165, 1.54) is 22.5 Å². The van der Waals surface area contributed by atoms with Crippen molar-refractivity contribution < 1.29 is 4.74 Å². The van der Waals surface area contributed by atoms with Crippen LogP contribution in [0.4, 0.5) is 22.7 Å². The van der Waals surface area contributed by atoms with Crippen LogP contribution in [-0.4, -0.2) is 11.6 Å². The van der Waals surface area contributed by atoms with Crippen LogP contribution >= 0.6 is 0 Å². The van der Waals surface area contributed by atoms with Crippen molar-refractivity contribution in [3.8, 4) is 28.3 Å². The highest BCUT2D eigenvalue weighted by atomic mass is 16.5. The van der Waals surface area contributed by atoms with Crippen molar-refractivity contribution in [2.45, 2.75) is 6.61 Å². The van der Waals surface area contributed by atoms with Crippen LogP contribution in [0.1, 0.15) is 5.56 Å². The molecule has 0 fully saturated rings. The third-order valence-corrected chi connectivity index (χ3v) is 6.49. The topological polar surface area (TPSA) is 69.4 Å². The summed E-state index contributed by atoms with van der Waals surface area (Å²) in [6.07, 6.45) is 0. The Morgan fingerprint density at radius 1 is 0.611 bits per heavy atom. The molecule has 4 N–H and O–H groups in total. The smallest absolute Gasteiger partial charge is 0.119 e. The van der Waals surface area contributed by atoms with Crippen molar-refractivity contribution in [3.63, 3.8) is 0 Å². The Balaban J connectivity index is 1.28. The summed E-state index contributed by atoms with van der Waals surface area (Å²) in [6.45, 7) is 0.514. The number of nitrogens with two attached hydrogens (primary N) is 2. The van der Waals surface area contributed by atoms with Gasteiger partial charge >= 0.3 is 0 Å². The van der Waals surface area contributed by atoms with Gasteiger partial charge in [-0.25, -0.2) is 0 Å². The molecule has 0 amide bonds. The van der Waals surface area contributed by atoms with Gasteiger partial charge in [0.25, 0.3) is 0 Å². The van der Waals surface area contributed by atoms with Crippen LogP contribution in [0, 0.1) is 0 Å². The monoisotopic (exact) mass is 474 g/mol. The Kier molecular flexibility index (Phi) is 6.37. The van der Waals surface area contributed by atoms with Crippen molar-refractivity contribution in [1.29, 1.82) is 0 Å². The predicted octanol–water partition coefficient (Wildman–Crippen LogP) is 6.87. The Morgan fingerprint density at radius 3 is 1.58 bits per heavy atom. The molecule has 180 valence electrons. The van der Waals surface area contributed by atoms with E-state index in [-0.39, 0.29) is 0 Å². The van der Waals surface area contributed by atoms with Crippen LogP contribution in [0.3, 0.4) is 0 Å². The van der Waals surface area contributed by atoms with Crippen LogP contribution in [0.2, 0.25) is 0 Å². The summed E-state index contributed by atoms with van der Waals surface area (Å²) in [6, 6.07) is 36.8. The molecule has 1 aromatic heterocycles. The van der Waals surface area contributed by atoms with Gasteiger partial charge in [-0.15, -0.1) is 0 Å². The Bertz CT molecular complexity index is 1440. The molecule has 5 heteroatoms. The number of anilines is 4. The fourth-order valence-corrected chi connectivity index (χ4v) is 4.30. The number of aromatic nitrogens is 1. The van der Waals surface area contributed by atoms with Crippen molar-refractivity contribution in [2.75, 3.05) is 23.4 Å². The summed E-state index contributed by atoms with van der Waals surface area (Å²) in [5, 5.41) is 0. The van der Waals surface area contributed by atoms with Gasteiger partial charge in [-0.3, -0.25) is 0 Å². The second kappa shape index (κ2) is 9.92. The van der Waals surface area contributed by atoms with E-state index in [0.717, 1.165) is 34.1 Å². The van der Waals surface area contributed by atoms with Gasteiger partial charge in [-0.1, -0.05) is 36.4 Å². The lowest BCUT2D eigenvalue weighted by atomic mass is 10.1. The summed E-state index contributed by atoms with van der Waals surface area (Å²) in [4.78, 5) is 2.15. The Labute approximate surface area is 212 Å². The van der Waals surface area contributed by atoms with E-state index in [1.54, 1.807) is 0 Å². The molecule has 4 aromatic carbocycles. The lowest BCUT2D eigenvalue weighted by Crippen LogP contribution is -2.09. The molecule has 0 aliphatic rings. The Hall–Kier alpha value is -4.64. The zero-order valence-electron chi connectivity index (χ0n) is 20.6. The average molecular weight is 475 g/mol. The van der Waals surface area contributed by atoms with Gasteiger partial charge in [0, 0.05) is 48.2 Å². The minimum absolute atomic E-state index is 0.514. The molecule has 36 heavy (non-hydrogen) atoms. The molecular formula is C31H30N4O. The first kappa shape index (κ1) is 23.1. The largest absolute Gasteiger partial charge is 0.489 e. The molecule has 5 rings (SSSR count). The Morgan fingerprint density at radius 2 is 1.06 bits per heavy atom. The van der Waals surface area contributed by atoms with E-state index in [2.05, 4.69) is 84.2 Å². The second-order valence-electron chi connectivity index (χ2n) is 8.91. The van der Waals surface area contributed by atoms with E-state index >= 15 is 0 Å². The number of nitrogens with zero attached hydrogens (tertiary/aromatic N) is 2. The standard InChI is InChI=1S/C31H30N4O/c1-34(28-15-9-25(32)10-16-28)27-13-7-24(8-14-27)31-20-19-30(35(31)2)23-5-3-22(4-6-23)21-36-29-17-11-26(33)12-18-29/h3-20H,21,32-33H2,1-2H3. The fraction of sp³-hybridized carbons (Fsp3) is 0.0968. The van der Waals surface area contributed by atoms with E-state index < -0.39 is 0 Å². The fourth-order valence-electron chi connectivity index (χ4n) is 4.30. The number of ether oxygens (including phenoxy) is 1. The summed E-state index contributed by atoms with van der Waals surface area (Å²) >= 11 is 0. The number of rotatable bonds is 7. The maximum atomic E-state index is 5.87. The first-order valence-corrected chi connectivity index (χ1v) is 11.9. The molecule has 5 aromatic rings. The minimum Gasteiger partial charge on any atom is -0.489 e. The van der Waals surface area contributed by atoms with E-state index in [1.807, 2.05) is 48.5 Å². The molecule has 0 spiro atoms. The van der Waals surface area contributed by atoms with E-state index in [4.69, 9.17) is 16.2 Å². The molecule has 0 aliphatic heterocycles. The molecule has 0 saturated heterocycles. The number of hydrogen-bond donors (Lipinski definition) is 2. The van der Waals surface area contributed by atoms with Crippen molar-refractivity contribution in [1.82, 2.24) is 4.57 Å². The molecule has 0 saturated carbocycles. The minimum atomic E-state index is 0.514. The quantitative estimate of drug-likeness (QED) is 0.253. The van der Waals surface area contributed by atoms with Crippen LogP contribution in [0.5, 0.6) is 5.75 Å². The van der Waals surface area contributed by atoms with Crippen molar-refractivity contribution in [2.24, 2.45) is 7.05 Å². The maximum absolute atomic E-state index is 5.87. The van der Waals surface area contributed by atoms with Gasteiger partial charge in [0.05, 0.1) is 0 Å². The van der Waals surface area contributed by atoms with Crippen LogP contribution in [-0.2, 0) is 13.7 Å². The first-order valence-electron chi connectivity index (χ1n) is 11.9. The van der Waals surface area contributed by atoms with Gasteiger partial charge < -0.3 is 25.7 Å². The molecule has 5 nitrogen and oxygen atoms in total. The first-order chi connectivity index (χ1) is 17.5. The molecular weight excluding hydrogens is 444 g/mol. The highest BCUT2D eigenvalue weighted by Gasteiger charge is 2.10. The van der Waals surface area contributed by atoms with Gasteiger partial charge in [0.1, 0.15) is 12.4 Å².